The van der Waals surface area contributed by atoms with Crippen LogP contribution in [0.2, 0.25) is 0 Å². The molecule has 1 amide bonds. The van der Waals surface area contributed by atoms with E-state index in [-0.39, 0.29) is 11.7 Å². The minimum atomic E-state index is -0.0900. The van der Waals surface area contributed by atoms with Gasteiger partial charge in [0, 0.05) is 18.3 Å². The first kappa shape index (κ1) is 21.3. The van der Waals surface area contributed by atoms with Gasteiger partial charge in [0.15, 0.2) is 10.3 Å². The van der Waals surface area contributed by atoms with Gasteiger partial charge in [0.05, 0.1) is 18.6 Å². The molecule has 0 aliphatic carbocycles. The van der Waals surface area contributed by atoms with Gasteiger partial charge in [-0.05, 0) is 44.4 Å². The molecule has 1 aromatic carbocycles. The van der Waals surface area contributed by atoms with Crippen molar-refractivity contribution in [3.05, 3.63) is 46.2 Å². The Hall–Kier alpha value is -2.39. The fourth-order valence-electron chi connectivity index (χ4n) is 2.74. The average molecular weight is 432 g/mol. The first-order valence-corrected chi connectivity index (χ1v) is 11.1. The lowest BCUT2D eigenvalue weighted by Crippen LogP contribution is -2.14. The maximum Gasteiger partial charge on any atom is 0.236 e. The van der Waals surface area contributed by atoms with Gasteiger partial charge in [0.1, 0.15) is 11.6 Å². The van der Waals surface area contributed by atoms with E-state index >= 15 is 0 Å². The third kappa shape index (κ3) is 5.80. The predicted octanol–water partition coefficient (Wildman–Crippen LogP) is 3.80. The van der Waals surface area contributed by atoms with Crippen molar-refractivity contribution in [2.75, 3.05) is 18.2 Å². The van der Waals surface area contributed by atoms with Crippen LogP contribution >= 0.6 is 23.1 Å². The van der Waals surface area contributed by atoms with Crippen molar-refractivity contribution in [2.24, 2.45) is 7.05 Å². The van der Waals surface area contributed by atoms with Crippen LogP contribution in [0.5, 0.6) is 5.75 Å². The number of thiazole rings is 1. The smallest absolute Gasteiger partial charge is 0.236 e. The standard InChI is InChI=1S/C20H25N5O2S2/c1-13-14(2)29-19(21-13)22-18(26)12-28-20-24-23-17(25(20)3)7-5-6-15-8-10-16(27-4)11-9-15/h8-11H,5-7,12H2,1-4H3,(H,21,22,26). The Morgan fingerprint density at radius 3 is 2.62 bits per heavy atom. The number of aromatic nitrogens is 4. The minimum absolute atomic E-state index is 0.0900. The van der Waals surface area contributed by atoms with Crippen LogP contribution in [0.1, 0.15) is 28.4 Å². The highest BCUT2D eigenvalue weighted by atomic mass is 32.2. The molecular weight excluding hydrogens is 406 g/mol. The molecule has 2 aromatic heterocycles. The first-order chi connectivity index (χ1) is 14.0. The minimum Gasteiger partial charge on any atom is -0.497 e. The highest BCUT2D eigenvalue weighted by Gasteiger charge is 2.13. The van der Waals surface area contributed by atoms with E-state index in [9.17, 15) is 4.79 Å². The second-order valence-corrected chi connectivity index (χ2v) is 8.80. The van der Waals surface area contributed by atoms with Gasteiger partial charge < -0.3 is 14.6 Å². The Bertz CT molecular complexity index is 946. The molecule has 2 heterocycles. The monoisotopic (exact) mass is 431 g/mol. The predicted molar refractivity (Wildman–Crippen MR) is 117 cm³/mol. The Kier molecular flexibility index (Phi) is 7.27. The van der Waals surface area contributed by atoms with Crippen LogP contribution < -0.4 is 10.1 Å². The van der Waals surface area contributed by atoms with Crippen LogP contribution in [0.3, 0.4) is 0 Å². The van der Waals surface area contributed by atoms with Gasteiger partial charge >= 0.3 is 0 Å². The van der Waals surface area contributed by atoms with Gasteiger partial charge in [-0.2, -0.15) is 0 Å². The first-order valence-electron chi connectivity index (χ1n) is 9.34. The number of hydrogen-bond donors (Lipinski definition) is 1. The number of thioether (sulfide) groups is 1. The molecule has 9 heteroatoms. The molecular formula is C20H25N5O2S2. The zero-order valence-corrected chi connectivity index (χ0v) is 18.7. The lowest BCUT2D eigenvalue weighted by atomic mass is 10.1. The zero-order chi connectivity index (χ0) is 20.8. The molecule has 1 N–H and O–H groups in total. The number of nitrogens with one attached hydrogen (secondary N) is 1. The second kappa shape index (κ2) is 9.89. The van der Waals surface area contributed by atoms with Crippen LogP contribution in [-0.2, 0) is 24.7 Å². The number of carbonyl (C=O) groups excluding carboxylic acids is 1. The van der Waals surface area contributed by atoms with Gasteiger partial charge in [0.2, 0.25) is 5.91 Å². The number of ether oxygens (including phenoxy) is 1. The van der Waals surface area contributed by atoms with Crippen molar-refractivity contribution >= 4 is 34.1 Å². The van der Waals surface area contributed by atoms with E-state index in [0.29, 0.717) is 5.13 Å². The van der Waals surface area contributed by atoms with E-state index in [1.165, 1.54) is 28.7 Å². The molecule has 0 saturated carbocycles. The van der Waals surface area contributed by atoms with Crippen molar-refractivity contribution in [1.29, 1.82) is 0 Å². The van der Waals surface area contributed by atoms with Gasteiger partial charge in [-0.1, -0.05) is 23.9 Å². The summed E-state index contributed by atoms with van der Waals surface area (Å²) >= 11 is 2.87. The Balaban J connectivity index is 1.46. The van der Waals surface area contributed by atoms with E-state index in [0.717, 1.165) is 46.6 Å². The molecule has 154 valence electrons. The lowest BCUT2D eigenvalue weighted by Gasteiger charge is -2.05. The van der Waals surface area contributed by atoms with E-state index < -0.39 is 0 Å². The molecule has 0 spiro atoms. The van der Waals surface area contributed by atoms with Crippen LogP contribution in [-0.4, -0.2) is 38.5 Å². The van der Waals surface area contributed by atoms with Gasteiger partial charge in [-0.15, -0.1) is 21.5 Å². The summed E-state index contributed by atoms with van der Waals surface area (Å²) in [5.74, 6) is 1.98. The zero-order valence-electron chi connectivity index (χ0n) is 17.1. The SMILES string of the molecule is COc1ccc(CCCc2nnc(SCC(=O)Nc3nc(C)c(C)s3)n2C)cc1. The van der Waals surface area contributed by atoms with Crippen LogP contribution in [0, 0.1) is 13.8 Å². The number of carbonyl (C=O) groups is 1. The molecule has 0 atom stereocenters. The molecule has 0 aliphatic heterocycles. The molecule has 3 aromatic rings. The lowest BCUT2D eigenvalue weighted by molar-refractivity contribution is -0.113. The van der Waals surface area contributed by atoms with Gasteiger partial charge in [-0.25, -0.2) is 4.98 Å². The van der Waals surface area contributed by atoms with E-state index in [1.807, 2.05) is 37.6 Å². The number of nitrogens with zero attached hydrogens (tertiary/aromatic N) is 4. The summed E-state index contributed by atoms with van der Waals surface area (Å²) < 4.78 is 7.15. The van der Waals surface area contributed by atoms with Crippen molar-refractivity contribution in [2.45, 2.75) is 38.3 Å². The Morgan fingerprint density at radius 1 is 1.21 bits per heavy atom. The maximum atomic E-state index is 12.2. The number of amides is 1. The molecule has 3 rings (SSSR count). The number of methoxy groups -OCH3 is 1. The molecule has 0 fully saturated rings. The third-order valence-corrected chi connectivity index (χ3v) is 6.57. The Labute approximate surface area is 178 Å². The number of hydrogen-bond acceptors (Lipinski definition) is 7. The quantitative estimate of drug-likeness (QED) is 0.519. The van der Waals surface area contributed by atoms with E-state index in [4.69, 9.17) is 4.74 Å². The summed E-state index contributed by atoms with van der Waals surface area (Å²) in [6.07, 6.45) is 2.78. The maximum absolute atomic E-state index is 12.2. The van der Waals surface area contributed by atoms with Crippen LogP contribution in [0.15, 0.2) is 29.4 Å². The van der Waals surface area contributed by atoms with Crippen molar-refractivity contribution in [3.8, 4) is 5.75 Å². The van der Waals surface area contributed by atoms with E-state index in [2.05, 4.69) is 32.6 Å². The largest absolute Gasteiger partial charge is 0.497 e. The number of rotatable bonds is 9. The summed E-state index contributed by atoms with van der Waals surface area (Å²) in [7, 11) is 3.61. The molecule has 0 bridgehead atoms. The normalized spacial score (nSPS) is 10.9. The summed E-state index contributed by atoms with van der Waals surface area (Å²) in [5.41, 5.74) is 2.22. The number of anilines is 1. The van der Waals surface area contributed by atoms with Crippen LogP contribution in [0.4, 0.5) is 5.13 Å². The summed E-state index contributed by atoms with van der Waals surface area (Å²) in [5, 5.41) is 12.7. The summed E-state index contributed by atoms with van der Waals surface area (Å²) in [6, 6.07) is 8.12. The van der Waals surface area contributed by atoms with Gasteiger partial charge in [-0.3, -0.25) is 4.79 Å². The van der Waals surface area contributed by atoms with Crippen molar-refractivity contribution in [1.82, 2.24) is 19.7 Å². The molecule has 0 aliphatic rings. The van der Waals surface area contributed by atoms with Crippen molar-refractivity contribution < 1.29 is 9.53 Å². The number of aryl methyl sites for hydroxylation is 4. The molecule has 29 heavy (non-hydrogen) atoms. The highest BCUT2D eigenvalue weighted by molar-refractivity contribution is 7.99. The second-order valence-electron chi connectivity index (χ2n) is 6.66. The molecule has 7 nitrogen and oxygen atoms in total. The topological polar surface area (TPSA) is 81.9 Å². The molecule has 0 radical (unpaired) electrons. The molecule has 0 saturated heterocycles. The van der Waals surface area contributed by atoms with Gasteiger partial charge in [0.25, 0.3) is 0 Å². The average Bonchev–Trinajstić information content (AvgIpc) is 3.22. The summed E-state index contributed by atoms with van der Waals surface area (Å²) in [6.45, 7) is 3.93. The third-order valence-electron chi connectivity index (χ3n) is 4.56. The fourth-order valence-corrected chi connectivity index (χ4v) is 4.30. The van der Waals surface area contributed by atoms with Crippen LogP contribution in [0.25, 0.3) is 0 Å². The molecule has 0 unspecified atom stereocenters. The van der Waals surface area contributed by atoms with E-state index in [1.54, 1.807) is 7.11 Å². The number of benzene rings is 1. The summed E-state index contributed by atoms with van der Waals surface area (Å²) in [4.78, 5) is 17.6. The van der Waals surface area contributed by atoms with Crippen molar-refractivity contribution in [3.63, 3.8) is 0 Å². The fraction of sp³-hybridized carbons (Fsp3) is 0.400. The highest BCUT2D eigenvalue weighted by Crippen LogP contribution is 2.22. The Morgan fingerprint density at radius 2 is 1.97 bits per heavy atom.